The Bertz CT molecular complexity index is 857. The van der Waals surface area contributed by atoms with Crippen LogP contribution in [0.5, 0.6) is 0 Å². The first kappa shape index (κ1) is 100. The zero-order valence-corrected chi connectivity index (χ0v) is 52.8. The Balaban J connectivity index is -0.0000000365. The molecule has 0 spiro atoms. The predicted octanol–water partition coefficient (Wildman–Crippen LogP) is -19.5. The summed E-state index contributed by atoms with van der Waals surface area (Å²) in [6, 6.07) is 0. The van der Waals surface area contributed by atoms with Gasteiger partial charge in [0, 0.05) is 13.1 Å². The molecule has 0 fully saturated rings. The van der Waals surface area contributed by atoms with Gasteiger partial charge in [-0.1, -0.05) is 129 Å². The fourth-order valence-corrected chi connectivity index (χ4v) is 4.45. The third kappa shape index (κ3) is 133. The number of carboxylic acid groups (broad SMARTS) is 2. The third-order valence-corrected chi connectivity index (χ3v) is 7.06. The topological polar surface area (TPSA) is 347 Å². The van der Waals surface area contributed by atoms with Crippen LogP contribution in [0, 0.1) is 0 Å². The van der Waals surface area contributed by atoms with Crippen LogP contribution in [0.1, 0.15) is 142 Å². The zero-order chi connectivity index (χ0) is 36.7. The number of aliphatic carboxylic acids is 2. The molecule has 0 amide bonds. The van der Waals surface area contributed by atoms with E-state index in [4.69, 9.17) is 5.11 Å². The molecule has 0 aromatic rings. The van der Waals surface area contributed by atoms with Crippen LogP contribution in [0.25, 0.3) is 0 Å². The third-order valence-electron chi connectivity index (χ3n) is 6.15. The number of hydrogen-bond donors (Lipinski definition) is 3. The molecule has 18 nitrogen and oxygen atoms in total. The molecule has 0 bridgehead atoms. The second kappa shape index (κ2) is 81.6. The molecule has 0 aliphatic heterocycles. The number of carboxylic acids is 2. The summed E-state index contributed by atoms with van der Waals surface area (Å²) >= 11 is 0. The van der Waals surface area contributed by atoms with E-state index < -0.39 is 32.7 Å². The minimum atomic E-state index is -4.48. The Morgan fingerprint density at radius 3 is 0.860 bits per heavy atom. The average molecular weight is 935 g/mol. The molecule has 0 atom stereocenters. The predicted molar refractivity (Wildman–Crippen MR) is 180 cm³/mol. The van der Waals surface area contributed by atoms with Gasteiger partial charge in [-0.15, -0.1) is 0 Å². The number of carbonyl (C=O) groups is 2. The molecule has 0 aromatic carbocycles. The van der Waals surface area contributed by atoms with Crippen molar-refractivity contribution in [3.8, 4) is 0 Å². The van der Waals surface area contributed by atoms with Gasteiger partial charge in [0.1, 0.15) is 0 Å². The van der Waals surface area contributed by atoms with E-state index in [9.17, 15) is 45.7 Å². The van der Waals surface area contributed by atoms with Crippen LogP contribution in [-0.2, 0) is 38.8 Å². The van der Waals surface area contributed by atoms with Crippen molar-refractivity contribution in [2.24, 2.45) is 0 Å². The number of hydrogen-bond acceptors (Lipinski definition) is 18. The number of likely N-dealkylation sites (N-methyl/N-ethyl adjacent to an activating group) is 1. The Hall–Kier alpha value is 5.44. The molecule has 0 saturated heterocycles. The number of aliphatic hydroxyl groups is 1. The van der Waals surface area contributed by atoms with Gasteiger partial charge in [0.15, 0.2) is 0 Å². The maximum Gasteiger partial charge on any atom is 1.00 e. The number of nitrogens with one attached hydrogen (secondary N) is 2. The number of aliphatic hydroxyl groups excluding tert-OH is 1. The van der Waals surface area contributed by atoms with Crippen LogP contribution in [-0.4, -0.2) is 99.5 Å². The first-order valence-electron chi connectivity index (χ1n) is 16.7. The van der Waals surface area contributed by atoms with Gasteiger partial charge >= 0.3 is 207 Å². The van der Waals surface area contributed by atoms with Crippen LogP contribution < -0.4 is 228 Å². The van der Waals surface area contributed by atoms with Crippen LogP contribution in [0.3, 0.4) is 0 Å². The van der Waals surface area contributed by atoms with Crippen LogP contribution >= 0.6 is 0 Å². The van der Waals surface area contributed by atoms with E-state index in [2.05, 4.69) is 32.8 Å². The summed E-state index contributed by atoms with van der Waals surface area (Å²) in [5, 5.41) is 31.4. The van der Waals surface area contributed by atoms with Crippen molar-refractivity contribution in [3.63, 3.8) is 0 Å². The number of rotatable bonds is 29. The summed E-state index contributed by atoms with van der Waals surface area (Å²) in [5.41, 5.74) is 0. The molecule has 0 saturated carbocycles. The van der Waals surface area contributed by atoms with Gasteiger partial charge in [0.05, 0.1) is 31.9 Å². The van der Waals surface area contributed by atoms with E-state index in [1.807, 2.05) is 0 Å². The quantitative estimate of drug-likeness (QED) is 0.0206. The largest absolute Gasteiger partial charge is 1.00 e. The molecule has 0 radical (unpaired) electrons. The fraction of sp³-hybridized carbons (Fsp3) is 0.933. The second-order valence-corrected chi connectivity index (χ2v) is 12.8. The zero-order valence-electron chi connectivity index (χ0n) is 37.2. The molecule has 0 aromatic heterocycles. The van der Waals surface area contributed by atoms with E-state index in [0.717, 1.165) is 25.7 Å². The van der Waals surface area contributed by atoms with Crippen molar-refractivity contribution in [1.82, 2.24) is 10.6 Å². The van der Waals surface area contributed by atoms with Crippen molar-refractivity contribution in [2.45, 2.75) is 142 Å². The minimum absolute atomic E-state index is 0. The smallest absolute Gasteiger partial charge is 0.870 e. The van der Waals surface area contributed by atoms with E-state index in [1.165, 1.54) is 89.9 Å². The molecule has 57 heavy (non-hydrogen) atoms. The second-order valence-electron chi connectivity index (χ2n) is 10.7. The van der Waals surface area contributed by atoms with Gasteiger partial charge < -0.3 is 55.8 Å². The summed E-state index contributed by atoms with van der Waals surface area (Å²) in [4.78, 5) is 18.9. The summed E-state index contributed by atoms with van der Waals surface area (Å²) in [6.07, 6.45) is 23.4. The molecule has 0 aliphatic carbocycles. The van der Waals surface area contributed by atoms with E-state index in [0.29, 0.717) is 12.8 Å². The first-order valence-corrected chi connectivity index (χ1v) is 19.4. The van der Waals surface area contributed by atoms with E-state index in [-0.39, 0.29) is 256 Å². The molecular formula is C30H65N2Na7O16S2. The molecule has 0 rings (SSSR count). The molecule has 6 N–H and O–H groups in total. The summed E-state index contributed by atoms with van der Waals surface area (Å²) in [5.74, 6) is -2.29. The van der Waals surface area contributed by atoms with Crippen molar-refractivity contribution >= 4 is 32.7 Å². The molecule has 27 heteroatoms. The summed E-state index contributed by atoms with van der Waals surface area (Å²) in [7, 11) is -7.42. The number of unbranched alkanes of at least 4 members (excludes halogenated alkanes) is 18. The average Bonchev–Trinajstić information content (AvgIpc) is 2.97. The number of carbonyl (C=O) groups excluding carboxylic acids is 2. The van der Waals surface area contributed by atoms with Crippen LogP contribution in [0.15, 0.2) is 0 Å². The van der Waals surface area contributed by atoms with Gasteiger partial charge in [0.2, 0.25) is 20.8 Å². The molecule has 0 aliphatic rings. The van der Waals surface area contributed by atoms with Crippen LogP contribution in [0.4, 0.5) is 0 Å². The molecule has 310 valence electrons. The standard InChI is InChI=1S/2C12H26O4S.C3H7NO3.C3H7NO2.7Na.3H2O/c2*1-2-3-4-5-6-7-8-9-10-11-12-16-17(13,14)15;5-2-4-1-3(6)7;1-4-2-3(5)6;;;;;;;;;;/h2*2-12H2,1H3,(H,13,14,15);4-5H,1-2H2,(H,6,7);4H,2H2,1H3,(H,5,6);;;;;;;;3*1H2/q;;;;7*+1;;;/p-7. The fourth-order valence-electron chi connectivity index (χ4n) is 3.80. The van der Waals surface area contributed by atoms with Crippen LogP contribution in [0.2, 0.25) is 0 Å². The van der Waals surface area contributed by atoms with Gasteiger partial charge in [-0.3, -0.25) is 13.7 Å². The minimum Gasteiger partial charge on any atom is -0.870 e. The van der Waals surface area contributed by atoms with Crippen molar-refractivity contribution in [2.75, 3.05) is 40.1 Å². The van der Waals surface area contributed by atoms with Gasteiger partial charge in [-0.05, 0) is 19.9 Å². The Kier molecular flexibility index (Phi) is 144. The SMILES string of the molecule is CCCCCCCCCCCCOS(=O)(=O)[O-].CCCCCCCCCCCCOS(=O)(=O)[O-].CNCC(=O)[O-].O=C([O-])CNCO.[Na+].[Na+].[Na+].[Na+].[Na+].[Na+].[Na+].[OH-].[OH-].[OH-]. The normalized spacial score (nSPS) is 9.02. The Morgan fingerprint density at radius 2 is 0.719 bits per heavy atom. The van der Waals surface area contributed by atoms with E-state index in [1.54, 1.807) is 7.05 Å². The van der Waals surface area contributed by atoms with Gasteiger partial charge in [-0.25, -0.2) is 16.8 Å². The summed E-state index contributed by atoms with van der Waals surface area (Å²) in [6.45, 7) is 3.80. The maximum absolute atomic E-state index is 10.1. The van der Waals surface area contributed by atoms with Crippen molar-refractivity contribution in [3.05, 3.63) is 0 Å². The monoisotopic (exact) mass is 934 g/mol. The molecule has 0 heterocycles. The first-order chi connectivity index (χ1) is 22.2. The van der Waals surface area contributed by atoms with Gasteiger partial charge in [-0.2, -0.15) is 0 Å². The Morgan fingerprint density at radius 1 is 0.491 bits per heavy atom. The van der Waals surface area contributed by atoms with Crippen molar-refractivity contribution in [1.29, 1.82) is 0 Å². The Labute approximate surface area is 499 Å². The molecule has 0 unspecified atom stereocenters. The van der Waals surface area contributed by atoms with E-state index >= 15 is 0 Å². The van der Waals surface area contributed by atoms with Crippen molar-refractivity contribution < 1.29 is 283 Å². The molecular weight excluding hydrogens is 869 g/mol. The maximum atomic E-state index is 10.1. The van der Waals surface area contributed by atoms with Gasteiger partial charge in [0.25, 0.3) is 0 Å². The summed E-state index contributed by atoms with van der Waals surface area (Å²) < 4.78 is 68.9.